The Bertz CT molecular complexity index is 505. The normalized spacial score (nSPS) is 16.4. The molecule has 120 valence electrons. The molecule has 2 rings (SSSR count). The average Bonchev–Trinajstić information content (AvgIpc) is 2.83. The van der Waals surface area contributed by atoms with Crippen LogP contribution in [0.15, 0.2) is 6.07 Å². The molecule has 0 atom stereocenters. The molecule has 1 aromatic rings. The van der Waals surface area contributed by atoms with Crippen molar-refractivity contribution < 1.29 is 9.00 Å². The maximum Gasteiger partial charge on any atom is 0.264 e. The molecule has 0 bridgehead atoms. The zero-order chi connectivity index (χ0) is 16.2. The van der Waals surface area contributed by atoms with Gasteiger partial charge in [-0.1, -0.05) is 34.6 Å². The van der Waals surface area contributed by atoms with Gasteiger partial charge in [0.2, 0.25) is 0 Å². The fraction of sp³-hybridized carbons (Fsp3) is 0.688. The second kappa shape index (κ2) is 7.54. The highest BCUT2D eigenvalue weighted by Gasteiger charge is 2.26. The van der Waals surface area contributed by atoms with Crippen LogP contribution in [0.25, 0.3) is 0 Å². The van der Waals surface area contributed by atoms with Crippen LogP contribution in [0.2, 0.25) is 0 Å². The van der Waals surface area contributed by atoms with E-state index in [2.05, 4.69) is 26.8 Å². The Hall–Kier alpha value is -0.680. The largest absolute Gasteiger partial charge is 0.336 e. The first kappa shape index (κ1) is 18.4. The van der Waals surface area contributed by atoms with Crippen molar-refractivity contribution in [2.45, 2.75) is 47.0 Å². The predicted octanol–water partition coefficient (Wildman–Crippen LogP) is 3.58. The van der Waals surface area contributed by atoms with E-state index in [0.717, 1.165) is 10.4 Å². The van der Waals surface area contributed by atoms with E-state index in [0.29, 0.717) is 24.6 Å². The molecule has 0 spiro atoms. The standard InChI is InChI=1S/C14H21NO2S2.C2H6/c1-10-9-11(14(2,3)4)18-12(10)13(16)15-5-7-19(17)8-6-15;1-2/h9H,5-8H2,1-4H3;1-2H3. The summed E-state index contributed by atoms with van der Waals surface area (Å²) in [6.45, 7) is 13.7. The molecule has 0 aromatic carbocycles. The number of hydrogen-bond acceptors (Lipinski definition) is 3. The lowest BCUT2D eigenvalue weighted by Crippen LogP contribution is -2.41. The van der Waals surface area contributed by atoms with Crippen molar-refractivity contribution in [2.24, 2.45) is 0 Å². The van der Waals surface area contributed by atoms with Crippen molar-refractivity contribution in [2.75, 3.05) is 24.6 Å². The zero-order valence-electron chi connectivity index (χ0n) is 14.0. The fourth-order valence-electron chi connectivity index (χ4n) is 2.05. The molecule has 1 saturated heterocycles. The van der Waals surface area contributed by atoms with Gasteiger partial charge < -0.3 is 4.90 Å². The first-order chi connectivity index (χ1) is 9.79. The van der Waals surface area contributed by atoms with Gasteiger partial charge in [-0.2, -0.15) is 0 Å². The van der Waals surface area contributed by atoms with Gasteiger partial charge >= 0.3 is 0 Å². The van der Waals surface area contributed by atoms with Crippen LogP contribution in [-0.2, 0) is 16.2 Å². The highest BCUT2D eigenvalue weighted by molar-refractivity contribution is 7.85. The van der Waals surface area contributed by atoms with Crippen LogP contribution in [-0.4, -0.2) is 39.6 Å². The van der Waals surface area contributed by atoms with E-state index < -0.39 is 10.8 Å². The minimum Gasteiger partial charge on any atom is -0.336 e. The lowest BCUT2D eigenvalue weighted by molar-refractivity contribution is 0.0775. The Kier molecular flexibility index (Phi) is 6.60. The Morgan fingerprint density at radius 2 is 1.76 bits per heavy atom. The molecule has 1 aliphatic rings. The first-order valence-corrected chi connectivity index (χ1v) is 9.84. The van der Waals surface area contributed by atoms with Crippen molar-refractivity contribution in [1.82, 2.24) is 4.90 Å². The molecule has 0 aliphatic carbocycles. The van der Waals surface area contributed by atoms with Gasteiger partial charge in [-0.3, -0.25) is 9.00 Å². The molecule has 0 saturated carbocycles. The lowest BCUT2D eigenvalue weighted by Gasteiger charge is -2.26. The molecular formula is C16H27NO2S2. The van der Waals surface area contributed by atoms with E-state index in [1.807, 2.05) is 25.7 Å². The van der Waals surface area contributed by atoms with Crippen LogP contribution in [0.3, 0.4) is 0 Å². The average molecular weight is 330 g/mol. The highest BCUT2D eigenvalue weighted by atomic mass is 32.2. The van der Waals surface area contributed by atoms with Crippen LogP contribution in [0.4, 0.5) is 0 Å². The monoisotopic (exact) mass is 329 g/mol. The van der Waals surface area contributed by atoms with E-state index in [4.69, 9.17) is 0 Å². The first-order valence-electron chi connectivity index (χ1n) is 7.54. The van der Waals surface area contributed by atoms with Crippen LogP contribution >= 0.6 is 11.3 Å². The van der Waals surface area contributed by atoms with E-state index in [-0.39, 0.29) is 11.3 Å². The van der Waals surface area contributed by atoms with Gasteiger partial charge in [0.1, 0.15) is 0 Å². The van der Waals surface area contributed by atoms with Gasteiger partial charge in [-0.15, -0.1) is 11.3 Å². The molecule has 1 fully saturated rings. The molecule has 3 nitrogen and oxygen atoms in total. The van der Waals surface area contributed by atoms with E-state index in [1.165, 1.54) is 4.88 Å². The van der Waals surface area contributed by atoms with Crippen molar-refractivity contribution in [3.8, 4) is 0 Å². The topological polar surface area (TPSA) is 37.4 Å². The third-order valence-corrected chi connectivity index (χ3v) is 6.24. The van der Waals surface area contributed by atoms with Crippen molar-refractivity contribution >= 4 is 28.0 Å². The summed E-state index contributed by atoms with van der Waals surface area (Å²) >= 11 is 1.60. The smallest absolute Gasteiger partial charge is 0.264 e. The van der Waals surface area contributed by atoms with E-state index in [9.17, 15) is 9.00 Å². The number of aryl methyl sites for hydroxylation is 1. The third-order valence-electron chi connectivity index (χ3n) is 3.32. The summed E-state index contributed by atoms with van der Waals surface area (Å²) in [6.07, 6.45) is 0. The Morgan fingerprint density at radius 3 is 2.19 bits per heavy atom. The Morgan fingerprint density at radius 1 is 1.24 bits per heavy atom. The number of amides is 1. The molecule has 1 aromatic heterocycles. The zero-order valence-corrected chi connectivity index (χ0v) is 15.6. The van der Waals surface area contributed by atoms with Gasteiger partial charge in [0.15, 0.2) is 0 Å². The SMILES string of the molecule is CC.Cc1cc(C(C)(C)C)sc1C(=O)N1CCS(=O)CC1. The molecule has 0 unspecified atom stereocenters. The number of rotatable bonds is 1. The van der Waals surface area contributed by atoms with E-state index in [1.54, 1.807) is 11.3 Å². The minimum absolute atomic E-state index is 0.0807. The Balaban J connectivity index is 0.00000106. The summed E-state index contributed by atoms with van der Waals surface area (Å²) in [5, 5.41) is 0. The molecule has 0 N–H and O–H groups in total. The molecule has 1 aliphatic heterocycles. The molecule has 2 heterocycles. The number of carbonyl (C=O) groups excluding carboxylic acids is 1. The molecular weight excluding hydrogens is 302 g/mol. The second-order valence-corrected chi connectivity index (χ2v) is 8.76. The van der Waals surface area contributed by atoms with Gasteiger partial charge in [0, 0.05) is 40.3 Å². The van der Waals surface area contributed by atoms with Crippen LogP contribution in [0, 0.1) is 6.92 Å². The Labute approximate surface area is 135 Å². The molecule has 21 heavy (non-hydrogen) atoms. The predicted molar refractivity (Wildman–Crippen MR) is 92.9 cm³/mol. The minimum atomic E-state index is -0.739. The molecule has 0 radical (unpaired) electrons. The fourth-order valence-corrected chi connectivity index (χ4v) is 4.30. The summed E-state index contributed by atoms with van der Waals surface area (Å²) in [7, 11) is -0.739. The maximum absolute atomic E-state index is 12.5. The maximum atomic E-state index is 12.5. The van der Waals surface area contributed by atoms with E-state index >= 15 is 0 Å². The number of carbonyl (C=O) groups is 1. The number of thiophene rings is 1. The molecule has 1 amide bonds. The summed E-state index contributed by atoms with van der Waals surface area (Å²) in [5.41, 5.74) is 1.14. The highest BCUT2D eigenvalue weighted by Crippen LogP contribution is 2.33. The van der Waals surface area contributed by atoms with Crippen LogP contribution < -0.4 is 0 Å². The quantitative estimate of drug-likeness (QED) is 0.789. The number of nitrogens with zero attached hydrogens (tertiary/aromatic N) is 1. The van der Waals surface area contributed by atoms with Crippen LogP contribution in [0.1, 0.15) is 54.7 Å². The summed E-state index contributed by atoms with van der Waals surface area (Å²) in [6, 6.07) is 2.12. The van der Waals surface area contributed by atoms with Crippen molar-refractivity contribution in [1.29, 1.82) is 0 Å². The van der Waals surface area contributed by atoms with Crippen molar-refractivity contribution in [3.05, 3.63) is 21.4 Å². The van der Waals surface area contributed by atoms with Crippen molar-refractivity contribution in [3.63, 3.8) is 0 Å². The second-order valence-electron chi connectivity index (χ2n) is 6.01. The lowest BCUT2D eigenvalue weighted by atomic mass is 9.94. The van der Waals surface area contributed by atoms with Gasteiger partial charge in [0.25, 0.3) is 5.91 Å². The molecule has 5 heteroatoms. The summed E-state index contributed by atoms with van der Waals surface area (Å²) in [4.78, 5) is 16.4. The summed E-state index contributed by atoms with van der Waals surface area (Å²) in [5.74, 6) is 1.33. The third kappa shape index (κ3) is 4.65. The van der Waals surface area contributed by atoms with Gasteiger partial charge in [-0.05, 0) is 24.0 Å². The van der Waals surface area contributed by atoms with Gasteiger partial charge in [0.05, 0.1) is 4.88 Å². The van der Waals surface area contributed by atoms with Gasteiger partial charge in [-0.25, -0.2) is 0 Å². The number of hydrogen-bond donors (Lipinski definition) is 0. The summed E-state index contributed by atoms with van der Waals surface area (Å²) < 4.78 is 11.3. The van der Waals surface area contributed by atoms with Crippen LogP contribution in [0.5, 0.6) is 0 Å².